The van der Waals surface area contributed by atoms with Gasteiger partial charge in [-0.2, -0.15) is 10.1 Å². The van der Waals surface area contributed by atoms with Gasteiger partial charge in [-0.3, -0.25) is 4.79 Å². The maximum Gasteiger partial charge on any atom is 0.293 e. The fourth-order valence-corrected chi connectivity index (χ4v) is 0.364. The minimum Gasteiger partial charge on any atom is -0.366 e. The number of hydrogen-bond acceptors (Lipinski definition) is 5. The van der Waals surface area contributed by atoms with Gasteiger partial charge in [-0.1, -0.05) is 0 Å². The number of anilines is 1. The van der Waals surface area contributed by atoms with Gasteiger partial charge in [0.15, 0.2) is 0 Å². The van der Waals surface area contributed by atoms with Gasteiger partial charge in [-0.25, -0.2) is 0 Å². The van der Waals surface area contributed by atoms with Crippen LogP contribution in [0.1, 0.15) is 0 Å². The maximum absolute atomic E-state index is 10.3. The number of nitrogen functional groups attached to an aromatic ring is 2. The zero-order chi connectivity index (χ0) is 6.85. The molecule has 1 aromatic rings. The van der Waals surface area contributed by atoms with E-state index in [1.165, 1.54) is 0 Å². The molecule has 6 nitrogen and oxygen atoms in total. The van der Waals surface area contributed by atoms with Crippen LogP contribution in [0.2, 0.25) is 0 Å². The normalized spacial score (nSPS) is 9.33. The van der Waals surface area contributed by atoms with E-state index in [0.29, 0.717) is 0 Å². The summed E-state index contributed by atoms with van der Waals surface area (Å²) < 4.78 is 0. The SMILES string of the molecule is Nc1nc(=O)cnn1N. The molecule has 0 aliphatic heterocycles. The summed E-state index contributed by atoms with van der Waals surface area (Å²) in [7, 11) is 0. The highest BCUT2D eigenvalue weighted by Crippen LogP contribution is 1.78. The summed E-state index contributed by atoms with van der Waals surface area (Å²) in [5.41, 5.74) is 4.59. The molecule has 0 unspecified atom stereocenters. The van der Waals surface area contributed by atoms with Gasteiger partial charge in [0, 0.05) is 0 Å². The van der Waals surface area contributed by atoms with E-state index in [2.05, 4.69) is 10.1 Å². The monoisotopic (exact) mass is 127 g/mol. The van der Waals surface area contributed by atoms with Gasteiger partial charge in [0.25, 0.3) is 5.56 Å². The number of aromatic nitrogens is 3. The van der Waals surface area contributed by atoms with Gasteiger partial charge >= 0.3 is 0 Å². The van der Waals surface area contributed by atoms with E-state index >= 15 is 0 Å². The summed E-state index contributed by atoms with van der Waals surface area (Å²) in [5.74, 6) is 4.97. The number of hydrogen-bond donors (Lipinski definition) is 2. The van der Waals surface area contributed by atoms with Crippen molar-refractivity contribution in [3.8, 4) is 0 Å². The van der Waals surface area contributed by atoms with Crippen molar-refractivity contribution in [3.05, 3.63) is 16.6 Å². The van der Waals surface area contributed by atoms with Gasteiger partial charge < -0.3 is 11.6 Å². The van der Waals surface area contributed by atoms with Gasteiger partial charge in [0.2, 0.25) is 5.95 Å². The van der Waals surface area contributed by atoms with Crippen LogP contribution in [0, 0.1) is 0 Å². The van der Waals surface area contributed by atoms with Crippen molar-refractivity contribution in [2.24, 2.45) is 0 Å². The quantitative estimate of drug-likeness (QED) is 0.390. The van der Waals surface area contributed by atoms with Gasteiger partial charge in [-0.05, 0) is 0 Å². The molecule has 0 aliphatic carbocycles. The molecule has 48 valence electrons. The highest BCUT2D eigenvalue weighted by atomic mass is 16.1. The van der Waals surface area contributed by atoms with E-state index in [9.17, 15) is 4.79 Å². The lowest BCUT2D eigenvalue weighted by Gasteiger charge is -1.95. The Bertz CT molecular complexity index is 265. The molecule has 0 amide bonds. The molecule has 1 rings (SSSR count). The molecule has 4 N–H and O–H groups in total. The molecule has 9 heavy (non-hydrogen) atoms. The summed E-state index contributed by atoms with van der Waals surface area (Å²) in [6, 6.07) is 0. The zero-order valence-corrected chi connectivity index (χ0v) is 4.48. The molecule has 0 aliphatic rings. The van der Waals surface area contributed by atoms with Crippen molar-refractivity contribution in [2.45, 2.75) is 0 Å². The second-order valence-electron chi connectivity index (χ2n) is 1.40. The first-order valence-corrected chi connectivity index (χ1v) is 2.17. The first kappa shape index (κ1) is 5.54. The van der Waals surface area contributed by atoms with E-state index in [1.807, 2.05) is 0 Å². The Morgan fingerprint density at radius 3 is 2.78 bits per heavy atom. The lowest BCUT2D eigenvalue weighted by atomic mass is 10.8. The van der Waals surface area contributed by atoms with Crippen molar-refractivity contribution < 1.29 is 0 Å². The van der Waals surface area contributed by atoms with E-state index in [4.69, 9.17) is 11.6 Å². The van der Waals surface area contributed by atoms with Crippen LogP contribution in [0.5, 0.6) is 0 Å². The molecule has 0 saturated heterocycles. The topological polar surface area (TPSA) is 99.8 Å². The second-order valence-corrected chi connectivity index (χ2v) is 1.40. The summed E-state index contributed by atoms with van der Waals surface area (Å²) >= 11 is 0. The molecule has 0 bridgehead atoms. The van der Waals surface area contributed by atoms with Crippen molar-refractivity contribution in [1.29, 1.82) is 0 Å². The summed E-state index contributed by atoms with van der Waals surface area (Å²) in [5, 5.41) is 3.37. The van der Waals surface area contributed by atoms with Crippen molar-refractivity contribution in [3.63, 3.8) is 0 Å². The van der Waals surface area contributed by atoms with Gasteiger partial charge in [0.05, 0.1) is 0 Å². The Hall–Kier alpha value is -1.59. The number of rotatable bonds is 0. The molecule has 1 heterocycles. The molecule has 1 aromatic heterocycles. The third-order valence-electron chi connectivity index (χ3n) is 0.752. The molecule has 0 atom stereocenters. The number of nitrogens with two attached hydrogens (primary N) is 2. The Labute approximate surface area is 50.1 Å². The summed E-state index contributed by atoms with van der Waals surface area (Å²) in [4.78, 5) is 14.4. The third kappa shape index (κ3) is 0.958. The van der Waals surface area contributed by atoms with Crippen LogP contribution >= 0.6 is 0 Å². The molecule has 0 aromatic carbocycles. The van der Waals surface area contributed by atoms with Crippen LogP contribution in [0.15, 0.2) is 11.0 Å². The smallest absolute Gasteiger partial charge is 0.293 e. The first-order chi connectivity index (χ1) is 4.20. The van der Waals surface area contributed by atoms with E-state index in [-0.39, 0.29) is 5.95 Å². The molecular formula is C3H5N5O. The van der Waals surface area contributed by atoms with Gasteiger partial charge in [-0.15, -0.1) is 4.79 Å². The predicted molar refractivity (Wildman–Crippen MR) is 30.9 cm³/mol. The van der Waals surface area contributed by atoms with Crippen LogP contribution < -0.4 is 17.1 Å². The van der Waals surface area contributed by atoms with E-state index in [1.54, 1.807) is 0 Å². The van der Waals surface area contributed by atoms with Crippen LogP contribution in [0.25, 0.3) is 0 Å². The molecular weight excluding hydrogens is 122 g/mol. The average Bonchev–Trinajstić information content (AvgIpc) is 1.80. The molecule has 0 spiro atoms. The lowest BCUT2D eigenvalue weighted by Crippen LogP contribution is -2.23. The Balaban J connectivity index is 3.34. The van der Waals surface area contributed by atoms with E-state index in [0.717, 1.165) is 11.0 Å². The van der Waals surface area contributed by atoms with E-state index < -0.39 is 5.56 Å². The Morgan fingerprint density at radius 2 is 2.33 bits per heavy atom. The Morgan fingerprint density at radius 1 is 1.67 bits per heavy atom. The fourth-order valence-electron chi connectivity index (χ4n) is 0.364. The lowest BCUT2D eigenvalue weighted by molar-refractivity contribution is 0.772. The minimum atomic E-state index is -0.491. The van der Waals surface area contributed by atoms with Crippen LogP contribution in [0.3, 0.4) is 0 Å². The standard InChI is InChI=1S/C3H5N5O/c4-3-7-2(9)1-6-8(3)5/h1H,5H2,(H2,4,7,9). The van der Waals surface area contributed by atoms with Crippen LogP contribution in [0.4, 0.5) is 5.95 Å². The summed E-state index contributed by atoms with van der Waals surface area (Å²) in [6.07, 6.45) is 0.982. The maximum atomic E-state index is 10.3. The second kappa shape index (κ2) is 1.73. The van der Waals surface area contributed by atoms with Crippen molar-refractivity contribution in [2.75, 3.05) is 11.6 Å². The highest BCUT2D eigenvalue weighted by molar-refractivity contribution is 5.11. The minimum absolute atomic E-state index is 0.0949. The molecule has 6 heteroatoms. The van der Waals surface area contributed by atoms with Crippen molar-refractivity contribution in [1.82, 2.24) is 14.9 Å². The first-order valence-electron chi connectivity index (χ1n) is 2.17. The van der Waals surface area contributed by atoms with Crippen molar-refractivity contribution >= 4 is 5.95 Å². The zero-order valence-electron chi connectivity index (χ0n) is 4.48. The van der Waals surface area contributed by atoms with Crippen LogP contribution in [-0.4, -0.2) is 14.9 Å². The predicted octanol–water partition coefficient (Wildman–Crippen LogP) is -2.07. The van der Waals surface area contributed by atoms with Gasteiger partial charge in [0.1, 0.15) is 6.20 Å². The summed E-state index contributed by atoms with van der Waals surface area (Å²) in [6.45, 7) is 0. The average molecular weight is 127 g/mol. The molecule has 0 saturated carbocycles. The molecule has 0 fully saturated rings. The highest BCUT2D eigenvalue weighted by Gasteiger charge is 1.91. The van der Waals surface area contributed by atoms with Crippen LogP contribution in [-0.2, 0) is 0 Å². The largest absolute Gasteiger partial charge is 0.366 e. The fraction of sp³-hybridized carbons (Fsp3) is 0. The third-order valence-corrected chi connectivity index (χ3v) is 0.752. The molecule has 0 radical (unpaired) electrons. The Kier molecular flexibility index (Phi) is 1.07. The number of nitrogens with zero attached hydrogens (tertiary/aromatic N) is 3.